The van der Waals surface area contributed by atoms with Gasteiger partial charge >= 0.3 is 6.18 Å². The van der Waals surface area contributed by atoms with Gasteiger partial charge in [-0.3, -0.25) is 0 Å². The monoisotopic (exact) mass is 285 g/mol. The molecule has 0 amide bonds. The van der Waals surface area contributed by atoms with Crippen molar-refractivity contribution in [3.63, 3.8) is 0 Å². The summed E-state index contributed by atoms with van der Waals surface area (Å²) in [7, 11) is 0. The molecule has 1 aromatic rings. The second-order valence-electron chi connectivity index (χ2n) is 5.73. The van der Waals surface area contributed by atoms with E-state index in [1.165, 1.54) is 12.5 Å². The number of nitrogens with one attached hydrogen (secondary N) is 1. The molecule has 3 rings (SSSR count). The lowest BCUT2D eigenvalue weighted by atomic mass is 9.85. The molecule has 2 saturated heterocycles. The molecule has 2 nitrogen and oxygen atoms in total. The van der Waals surface area contributed by atoms with Crippen LogP contribution >= 0.6 is 0 Å². The average molecular weight is 285 g/mol. The minimum atomic E-state index is -4.32. The van der Waals surface area contributed by atoms with Crippen LogP contribution in [0.4, 0.5) is 13.2 Å². The van der Waals surface area contributed by atoms with E-state index in [1.807, 2.05) is 0 Å². The lowest BCUT2D eigenvalue weighted by Gasteiger charge is -2.40. The van der Waals surface area contributed by atoms with Crippen molar-refractivity contribution in [2.75, 3.05) is 0 Å². The lowest BCUT2D eigenvalue weighted by molar-refractivity contribution is -0.137. The number of ether oxygens (including phenoxy) is 1. The van der Waals surface area contributed by atoms with E-state index in [0.717, 1.165) is 37.8 Å². The Bertz CT molecular complexity index is 462. The van der Waals surface area contributed by atoms with Gasteiger partial charge in [0.2, 0.25) is 0 Å². The third kappa shape index (κ3) is 3.08. The number of hydrogen-bond acceptors (Lipinski definition) is 2. The zero-order valence-electron chi connectivity index (χ0n) is 11.1. The van der Waals surface area contributed by atoms with Gasteiger partial charge in [0, 0.05) is 12.1 Å². The maximum atomic E-state index is 12.7. The van der Waals surface area contributed by atoms with E-state index in [0.29, 0.717) is 17.8 Å². The van der Waals surface area contributed by atoms with E-state index < -0.39 is 11.7 Å². The Morgan fingerprint density at radius 3 is 2.45 bits per heavy atom. The lowest BCUT2D eigenvalue weighted by Crippen LogP contribution is -2.51. The van der Waals surface area contributed by atoms with Crippen LogP contribution in [-0.2, 0) is 6.18 Å². The first-order valence-corrected chi connectivity index (χ1v) is 7.10. The first kappa shape index (κ1) is 13.7. The van der Waals surface area contributed by atoms with Gasteiger partial charge in [0.1, 0.15) is 11.9 Å². The van der Waals surface area contributed by atoms with Crippen LogP contribution in [0.15, 0.2) is 24.3 Å². The van der Waals surface area contributed by atoms with Crippen LogP contribution in [0.25, 0.3) is 0 Å². The van der Waals surface area contributed by atoms with Crippen LogP contribution in [0.5, 0.6) is 5.75 Å². The fourth-order valence-corrected chi connectivity index (χ4v) is 3.25. The van der Waals surface area contributed by atoms with E-state index in [9.17, 15) is 13.2 Å². The zero-order valence-corrected chi connectivity index (χ0v) is 11.1. The maximum Gasteiger partial charge on any atom is 0.416 e. The van der Waals surface area contributed by atoms with Gasteiger partial charge in [-0.15, -0.1) is 0 Å². The Hall–Kier alpha value is -1.23. The highest BCUT2D eigenvalue weighted by Crippen LogP contribution is 2.33. The summed E-state index contributed by atoms with van der Waals surface area (Å²) in [6, 6.07) is 6.09. The summed E-state index contributed by atoms with van der Waals surface area (Å²) in [5.74, 6) is 0.324. The molecule has 0 aromatic heterocycles. The van der Waals surface area contributed by atoms with Gasteiger partial charge in [-0.25, -0.2) is 0 Å². The molecule has 2 fully saturated rings. The van der Waals surface area contributed by atoms with Gasteiger partial charge in [0.15, 0.2) is 0 Å². The number of alkyl halides is 3. The Morgan fingerprint density at radius 1 is 1.10 bits per heavy atom. The number of rotatable bonds is 2. The van der Waals surface area contributed by atoms with Gasteiger partial charge in [0.25, 0.3) is 0 Å². The first-order chi connectivity index (χ1) is 9.50. The molecule has 0 saturated carbocycles. The summed E-state index contributed by atoms with van der Waals surface area (Å²) >= 11 is 0. The topological polar surface area (TPSA) is 21.3 Å². The van der Waals surface area contributed by atoms with Crippen molar-refractivity contribution in [2.45, 2.75) is 56.5 Å². The Labute approximate surface area is 116 Å². The zero-order chi connectivity index (χ0) is 14.2. The first-order valence-electron chi connectivity index (χ1n) is 7.10. The van der Waals surface area contributed by atoms with Crippen molar-refractivity contribution in [3.05, 3.63) is 29.8 Å². The van der Waals surface area contributed by atoms with Crippen molar-refractivity contribution in [3.8, 4) is 5.75 Å². The summed E-state index contributed by atoms with van der Waals surface area (Å²) < 4.78 is 43.8. The van der Waals surface area contributed by atoms with Gasteiger partial charge < -0.3 is 10.1 Å². The molecular formula is C15H18F3NO. The van der Waals surface area contributed by atoms with E-state index >= 15 is 0 Å². The molecule has 1 N–H and O–H groups in total. The van der Waals surface area contributed by atoms with E-state index in [2.05, 4.69) is 5.32 Å². The largest absolute Gasteiger partial charge is 0.490 e. The quantitative estimate of drug-likeness (QED) is 0.893. The standard InChI is InChI=1S/C15H18F3NO/c16-15(17,18)10-3-1-6-13(7-10)20-14-8-11-4-2-5-12(9-14)19-11/h1,3,6-7,11-12,14,19H,2,4-5,8-9H2/t11-,12+,14?. The fourth-order valence-electron chi connectivity index (χ4n) is 3.25. The normalized spacial score (nSPS) is 30.1. The summed E-state index contributed by atoms with van der Waals surface area (Å²) in [5, 5.41) is 3.54. The van der Waals surface area contributed by atoms with Crippen LogP contribution in [0.2, 0.25) is 0 Å². The highest BCUT2D eigenvalue weighted by atomic mass is 19.4. The number of hydrogen-bond donors (Lipinski definition) is 1. The van der Waals surface area contributed by atoms with Crippen molar-refractivity contribution in [1.82, 2.24) is 5.32 Å². The van der Waals surface area contributed by atoms with Crippen molar-refractivity contribution < 1.29 is 17.9 Å². The Kier molecular flexibility index (Phi) is 3.63. The Balaban J connectivity index is 1.68. The van der Waals surface area contributed by atoms with Crippen molar-refractivity contribution >= 4 is 0 Å². The summed E-state index contributed by atoms with van der Waals surface area (Å²) in [6.45, 7) is 0. The average Bonchev–Trinajstić information content (AvgIpc) is 2.37. The molecule has 5 heteroatoms. The predicted molar refractivity (Wildman–Crippen MR) is 69.7 cm³/mol. The Morgan fingerprint density at radius 2 is 1.80 bits per heavy atom. The summed E-state index contributed by atoms with van der Waals surface area (Å²) in [4.78, 5) is 0. The van der Waals surface area contributed by atoms with E-state index in [1.54, 1.807) is 6.07 Å². The molecule has 0 aliphatic carbocycles. The second kappa shape index (κ2) is 5.28. The van der Waals surface area contributed by atoms with E-state index in [4.69, 9.17) is 4.74 Å². The molecule has 2 heterocycles. The van der Waals surface area contributed by atoms with Gasteiger partial charge in [-0.2, -0.15) is 13.2 Å². The molecule has 110 valence electrons. The molecule has 0 spiro atoms. The highest BCUT2D eigenvalue weighted by molar-refractivity contribution is 5.30. The molecule has 2 aliphatic rings. The van der Waals surface area contributed by atoms with Crippen LogP contribution in [0.3, 0.4) is 0 Å². The molecule has 1 aromatic carbocycles. The minimum Gasteiger partial charge on any atom is -0.490 e. The van der Waals surface area contributed by atoms with Crippen molar-refractivity contribution in [2.24, 2.45) is 0 Å². The molecule has 0 radical (unpaired) electrons. The number of benzene rings is 1. The molecule has 2 aliphatic heterocycles. The fraction of sp³-hybridized carbons (Fsp3) is 0.600. The second-order valence-corrected chi connectivity index (χ2v) is 5.73. The number of halogens is 3. The number of fused-ring (bicyclic) bond motifs is 2. The van der Waals surface area contributed by atoms with E-state index in [-0.39, 0.29) is 6.10 Å². The van der Waals surface area contributed by atoms with Crippen LogP contribution in [0, 0.1) is 0 Å². The third-order valence-electron chi connectivity index (χ3n) is 4.14. The molecule has 2 bridgehead atoms. The van der Waals surface area contributed by atoms with Gasteiger partial charge in [-0.1, -0.05) is 12.5 Å². The summed E-state index contributed by atoms with van der Waals surface area (Å²) in [6.07, 6.45) is 0.982. The number of piperidine rings is 2. The van der Waals surface area contributed by atoms with Crippen molar-refractivity contribution in [1.29, 1.82) is 0 Å². The van der Waals surface area contributed by atoms with Crippen LogP contribution < -0.4 is 10.1 Å². The predicted octanol–water partition coefficient (Wildman–Crippen LogP) is 3.76. The minimum absolute atomic E-state index is 0.0232. The molecule has 1 unspecified atom stereocenters. The molecule has 20 heavy (non-hydrogen) atoms. The maximum absolute atomic E-state index is 12.7. The SMILES string of the molecule is FC(F)(F)c1cccc(OC2C[C@H]3CCC[C@@H](C2)N3)c1. The van der Waals surface area contributed by atoms with Gasteiger partial charge in [0.05, 0.1) is 5.56 Å². The third-order valence-corrected chi connectivity index (χ3v) is 4.14. The van der Waals surface area contributed by atoms with Crippen LogP contribution in [0.1, 0.15) is 37.7 Å². The molecular weight excluding hydrogens is 267 g/mol. The molecule has 3 atom stereocenters. The van der Waals surface area contributed by atoms with Crippen LogP contribution in [-0.4, -0.2) is 18.2 Å². The summed E-state index contributed by atoms with van der Waals surface area (Å²) in [5.41, 5.74) is -0.649. The van der Waals surface area contributed by atoms with Gasteiger partial charge in [-0.05, 0) is 43.9 Å². The highest BCUT2D eigenvalue weighted by Gasteiger charge is 2.33. The smallest absolute Gasteiger partial charge is 0.416 e.